The highest BCUT2D eigenvalue weighted by Crippen LogP contribution is 2.38. The maximum atomic E-state index is 12.0. The van der Waals surface area contributed by atoms with Crippen LogP contribution in [0.5, 0.6) is 0 Å². The highest BCUT2D eigenvalue weighted by Gasteiger charge is 2.38. The molecule has 1 aliphatic carbocycles. The third-order valence-electron chi connectivity index (χ3n) is 3.21. The molecule has 17 heavy (non-hydrogen) atoms. The van der Waals surface area contributed by atoms with Crippen molar-refractivity contribution < 1.29 is 8.42 Å². The first-order valence-corrected chi connectivity index (χ1v) is 7.72. The summed E-state index contributed by atoms with van der Waals surface area (Å²) < 4.78 is 26.7. The highest BCUT2D eigenvalue weighted by molar-refractivity contribution is 7.91. The number of anilines is 1. The SMILES string of the molecule is CC1(C)CCCC1NS(=O)(=O)c1nnc(N)s1. The van der Waals surface area contributed by atoms with E-state index >= 15 is 0 Å². The van der Waals surface area contributed by atoms with Crippen molar-refractivity contribution >= 4 is 26.5 Å². The second kappa shape index (κ2) is 4.18. The van der Waals surface area contributed by atoms with Crippen molar-refractivity contribution in [3.8, 4) is 0 Å². The van der Waals surface area contributed by atoms with Crippen LogP contribution in [0.15, 0.2) is 4.34 Å². The lowest BCUT2D eigenvalue weighted by Gasteiger charge is -2.26. The molecule has 0 amide bonds. The van der Waals surface area contributed by atoms with Gasteiger partial charge < -0.3 is 5.73 Å². The first-order chi connectivity index (χ1) is 7.81. The Morgan fingerprint density at radius 2 is 2.18 bits per heavy atom. The summed E-state index contributed by atoms with van der Waals surface area (Å²) in [4.78, 5) is 0. The smallest absolute Gasteiger partial charge is 0.270 e. The van der Waals surface area contributed by atoms with Gasteiger partial charge in [0.2, 0.25) is 9.47 Å². The Hall–Kier alpha value is -0.730. The number of hydrogen-bond donors (Lipinski definition) is 2. The largest absolute Gasteiger partial charge is 0.374 e. The van der Waals surface area contributed by atoms with E-state index in [1.807, 2.05) is 0 Å². The quantitative estimate of drug-likeness (QED) is 0.857. The number of aromatic nitrogens is 2. The van der Waals surface area contributed by atoms with E-state index < -0.39 is 10.0 Å². The van der Waals surface area contributed by atoms with Gasteiger partial charge in [-0.3, -0.25) is 0 Å². The third kappa shape index (κ3) is 2.58. The Labute approximate surface area is 105 Å². The fourth-order valence-electron chi connectivity index (χ4n) is 2.11. The Balaban J connectivity index is 2.18. The summed E-state index contributed by atoms with van der Waals surface area (Å²) >= 11 is 0.883. The van der Waals surface area contributed by atoms with Crippen LogP contribution >= 0.6 is 11.3 Å². The lowest BCUT2D eigenvalue weighted by molar-refractivity contribution is 0.313. The standard InChI is InChI=1S/C9H16N4O2S2/c1-9(2)5-3-4-6(9)13-17(14,15)8-12-11-7(10)16-8/h6,13H,3-5H2,1-2H3,(H2,10,11). The van der Waals surface area contributed by atoms with Crippen molar-refractivity contribution in [2.45, 2.75) is 43.5 Å². The van der Waals surface area contributed by atoms with Gasteiger partial charge in [0.25, 0.3) is 10.0 Å². The summed E-state index contributed by atoms with van der Waals surface area (Å²) in [7, 11) is -3.58. The molecule has 0 aliphatic heterocycles. The summed E-state index contributed by atoms with van der Waals surface area (Å²) in [6.45, 7) is 4.14. The zero-order valence-electron chi connectivity index (χ0n) is 9.80. The molecule has 1 unspecified atom stereocenters. The van der Waals surface area contributed by atoms with Gasteiger partial charge in [0.05, 0.1) is 0 Å². The van der Waals surface area contributed by atoms with E-state index in [4.69, 9.17) is 5.73 Å². The van der Waals surface area contributed by atoms with Gasteiger partial charge in [-0.05, 0) is 18.3 Å². The van der Waals surface area contributed by atoms with Crippen molar-refractivity contribution in [3.05, 3.63) is 0 Å². The van der Waals surface area contributed by atoms with Crippen LogP contribution in [-0.2, 0) is 10.0 Å². The molecular formula is C9H16N4O2S2. The number of rotatable bonds is 3. The average molecular weight is 276 g/mol. The Kier molecular flexibility index (Phi) is 3.13. The van der Waals surface area contributed by atoms with Crippen LogP contribution in [0.2, 0.25) is 0 Å². The van der Waals surface area contributed by atoms with E-state index in [-0.39, 0.29) is 20.9 Å². The van der Waals surface area contributed by atoms with E-state index in [2.05, 4.69) is 28.8 Å². The minimum Gasteiger partial charge on any atom is -0.374 e. The van der Waals surface area contributed by atoms with E-state index in [1.54, 1.807) is 0 Å². The van der Waals surface area contributed by atoms with Gasteiger partial charge >= 0.3 is 0 Å². The number of nitrogens with two attached hydrogens (primary N) is 1. The number of nitrogens with zero attached hydrogens (tertiary/aromatic N) is 2. The van der Waals surface area contributed by atoms with E-state index in [9.17, 15) is 8.42 Å². The fraction of sp³-hybridized carbons (Fsp3) is 0.778. The van der Waals surface area contributed by atoms with E-state index in [1.165, 1.54) is 0 Å². The molecule has 1 saturated carbocycles. The van der Waals surface area contributed by atoms with Gasteiger partial charge in [-0.25, -0.2) is 13.1 Å². The molecule has 1 fully saturated rings. The van der Waals surface area contributed by atoms with Gasteiger partial charge in [0, 0.05) is 6.04 Å². The lowest BCUT2D eigenvalue weighted by atomic mass is 9.88. The minimum atomic E-state index is -3.58. The van der Waals surface area contributed by atoms with Crippen molar-refractivity contribution in [2.75, 3.05) is 5.73 Å². The monoisotopic (exact) mass is 276 g/mol. The summed E-state index contributed by atoms with van der Waals surface area (Å²) in [5, 5.41) is 7.25. The number of nitrogens with one attached hydrogen (secondary N) is 1. The van der Waals surface area contributed by atoms with E-state index in [0.29, 0.717) is 0 Å². The molecule has 1 heterocycles. The highest BCUT2D eigenvalue weighted by atomic mass is 32.2. The first-order valence-electron chi connectivity index (χ1n) is 5.42. The zero-order chi connectivity index (χ0) is 12.7. The molecule has 2 rings (SSSR count). The Morgan fingerprint density at radius 3 is 2.65 bits per heavy atom. The molecule has 96 valence electrons. The summed E-state index contributed by atoms with van der Waals surface area (Å²) in [5.41, 5.74) is 5.38. The normalized spacial score (nSPS) is 24.0. The number of sulfonamides is 1. The zero-order valence-corrected chi connectivity index (χ0v) is 11.4. The topological polar surface area (TPSA) is 98.0 Å². The molecule has 1 atom stereocenters. The number of hydrogen-bond acceptors (Lipinski definition) is 6. The molecule has 0 radical (unpaired) electrons. The van der Waals surface area contributed by atoms with Crippen molar-refractivity contribution in [1.29, 1.82) is 0 Å². The maximum absolute atomic E-state index is 12.0. The Morgan fingerprint density at radius 1 is 1.47 bits per heavy atom. The summed E-state index contributed by atoms with van der Waals surface area (Å²) in [6, 6.07) is -0.0439. The predicted molar refractivity (Wildman–Crippen MR) is 66.1 cm³/mol. The van der Waals surface area contributed by atoms with Crippen LogP contribution < -0.4 is 10.5 Å². The molecule has 0 aromatic carbocycles. The van der Waals surface area contributed by atoms with Crippen molar-refractivity contribution in [2.24, 2.45) is 5.41 Å². The second-order valence-corrected chi connectivity index (χ2v) is 7.86. The molecule has 1 aromatic rings. The predicted octanol–water partition coefficient (Wildman–Crippen LogP) is 0.977. The molecule has 1 aromatic heterocycles. The van der Waals surface area contributed by atoms with Crippen molar-refractivity contribution in [3.63, 3.8) is 0 Å². The van der Waals surface area contributed by atoms with Crippen LogP contribution in [0.1, 0.15) is 33.1 Å². The molecule has 0 bridgehead atoms. The average Bonchev–Trinajstić information content (AvgIpc) is 2.74. The van der Waals surface area contributed by atoms with Crippen LogP contribution in [0.3, 0.4) is 0 Å². The van der Waals surface area contributed by atoms with Gasteiger partial charge in [-0.15, -0.1) is 10.2 Å². The summed E-state index contributed by atoms with van der Waals surface area (Å²) in [5.74, 6) is 0. The third-order valence-corrected chi connectivity index (χ3v) is 5.80. The van der Waals surface area contributed by atoms with Gasteiger partial charge in [0.15, 0.2) is 0 Å². The fourth-order valence-corrected chi connectivity index (χ4v) is 4.35. The number of nitrogen functional groups attached to an aromatic ring is 1. The molecule has 0 saturated heterocycles. The molecule has 0 spiro atoms. The molecule has 6 nitrogen and oxygen atoms in total. The van der Waals surface area contributed by atoms with Crippen LogP contribution in [-0.4, -0.2) is 24.7 Å². The molecule has 8 heteroatoms. The Bertz CT molecular complexity index is 509. The second-order valence-electron chi connectivity index (χ2n) is 4.96. The van der Waals surface area contributed by atoms with Crippen molar-refractivity contribution in [1.82, 2.24) is 14.9 Å². The van der Waals surface area contributed by atoms with Gasteiger partial charge in [0.1, 0.15) is 0 Å². The van der Waals surface area contributed by atoms with E-state index in [0.717, 1.165) is 30.6 Å². The molecule has 1 aliphatic rings. The van der Waals surface area contributed by atoms with Gasteiger partial charge in [-0.1, -0.05) is 31.6 Å². The van der Waals surface area contributed by atoms with Crippen LogP contribution in [0.4, 0.5) is 5.13 Å². The first kappa shape index (κ1) is 12.7. The van der Waals surface area contributed by atoms with Crippen LogP contribution in [0.25, 0.3) is 0 Å². The van der Waals surface area contributed by atoms with Gasteiger partial charge in [-0.2, -0.15) is 0 Å². The lowest BCUT2D eigenvalue weighted by Crippen LogP contribution is -2.41. The minimum absolute atomic E-state index is 0.0106. The van der Waals surface area contributed by atoms with Crippen LogP contribution in [0, 0.1) is 5.41 Å². The maximum Gasteiger partial charge on any atom is 0.270 e. The molecular weight excluding hydrogens is 260 g/mol. The molecule has 3 N–H and O–H groups in total. The summed E-state index contributed by atoms with van der Waals surface area (Å²) in [6.07, 6.45) is 2.93.